The molecular formula is C33H56N4O6. The Morgan fingerprint density at radius 2 is 1.28 bits per heavy atom. The van der Waals surface area contributed by atoms with Crippen molar-refractivity contribution >= 4 is 12.2 Å². The van der Waals surface area contributed by atoms with Gasteiger partial charge in [0.1, 0.15) is 22.7 Å². The van der Waals surface area contributed by atoms with E-state index in [1.165, 1.54) is 0 Å². The number of likely N-dealkylation sites (tertiary alicyclic amines) is 2. The van der Waals surface area contributed by atoms with Crippen LogP contribution in [-0.2, 0) is 16.0 Å². The molecular weight excluding hydrogens is 548 g/mol. The van der Waals surface area contributed by atoms with Gasteiger partial charge < -0.3 is 39.8 Å². The lowest BCUT2D eigenvalue weighted by Crippen LogP contribution is -2.53. The molecule has 0 spiro atoms. The van der Waals surface area contributed by atoms with E-state index >= 15 is 0 Å². The molecule has 4 bridgehead atoms. The number of benzene rings is 1. The zero-order chi connectivity index (χ0) is 31.5. The van der Waals surface area contributed by atoms with Gasteiger partial charge in [-0.1, -0.05) is 6.07 Å². The summed E-state index contributed by atoms with van der Waals surface area (Å²) in [7, 11) is 3.34. The van der Waals surface area contributed by atoms with Gasteiger partial charge in [-0.2, -0.15) is 0 Å². The fourth-order valence-electron chi connectivity index (χ4n) is 7.00. The van der Waals surface area contributed by atoms with Crippen LogP contribution in [0.1, 0.15) is 74.2 Å². The Morgan fingerprint density at radius 1 is 0.814 bits per heavy atom. The Hall–Kier alpha value is -2.72. The zero-order valence-corrected chi connectivity index (χ0v) is 27.5. The number of carbonyl (C=O) groups excluding carboxylic acids is 2. The monoisotopic (exact) mass is 604 g/mol. The van der Waals surface area contributed by atoms with Crippen LogP contribution in [0, 0.1) is 23.7 Å². The number of carbonyl (C=O) groups is 2. The number of nitrogens with one attached hydrogen (secondary N) is 1. The number of nitrogens with zero attached hydrogens (tertiary/aromatic N) is 2. The van der Waals surface area contributed by atoms with Crippen molar-refractivity contribution in [2.75, 3.05) is 40.4 Å². The number of piperidine rings is 2. The highest BCUT2D eigenvalue weighted by Crippen LogP contribution is 2.38. The minimum absolute atomic E-state index is 0. The van der Waals surface area contributed by atoms with Crippen molar-refractivity contribution in [2.24, 2.45) is 29.4 Å². The first kappa shape index (κ1) is 33.2. The normalized spacial score (nSPS) is 28.1. The minimum Gasteiger partial charge on any atom is -0.497 e. The number of rotatable bonds is 5. The summed E-state index contributed by atoms with van der Waals surface area (Å²) in [6, 6.07) is 6.63. The average Bonchev–Trinajstić information content (AvgIpc) is 3.26. The van der Waals surface area contributed by atoms with E-state index in [2.05, 4.69) is 5.32 Å². The van der Waals surface area contributed by atoms with E-state index in [1.54, 1.807) is 14.2 Å². The molecule has 4 atom stereocenters. The predicted molar refractivity (Wildman–Crippen MR) is 168 cm³/mol. The van der Waals surface area contributed by atoms with Gasteiger partial charge >= 0.3 is 12.2 Å². The van der Waals surface area contributed by atoms with Crippen LogP contribution in [0.2, 0.25) is 0 Å². The van der Waals surface area contributed by atoms with Crippen molar-refractivity contribution < 1.29 is 30.0 Å². The number of nitrogens with two attached hydrogens (primary N) is 1. The lowest BCUT2D eigenvalue weighted by atomic mass is 9.92. The number of fused-ring (bicyclic) bond motifs is 4. The second-order valence-electron chi connectivity index (χ2n) is 14.6. The molecule has 244 valence electrons. The van der Waals surface area contributed by atoms with E-state index in [9.17, 15) is 9.59 Å². The summed E-state index contributed by atoms with van der Waals surface area (Å²) in [6.07, 6.45) is 4.25. The van der Waals surface area contributed by atoms with Gasteiger partial charge in [0.25, 0.3) is 0 Å². The molecule has 0 aromatic heterocycles. The Labute approximate surface area is 259 Å². The van der Waals surface area contributed by atoms with Gasteiger partial charge in [-0.05, 0) is 97.0 Å². The summed E-state index contributed by atoms with van der Waals surface area (Å²) in [5.41, 5.74) is 6.36. The lowest BCUT2D eigenvalue weighted by Gasteiger charge is -2.39. The molecule has 2 amide bonds. The molecule has 4 aliphatic rings. The summed E-state index contributed by atoms with van der Waals surface area (Å²) in [5.74, 6) is 3.53. The van der Waals surface area contributed by atoms with Gasteiger partial charge in [-0.3, -0.25) is 0 Å². The molecule has 5 rings (SSSR count). The Bertz CT molecular complexity index is 1090. The lowest BCUT2D eigenvalue weighted by molar-refractivity contribution is 0.0110. The summed E-state index contributed by atoms with van der Waals surface area (Å²) >= 11 is 0. The van der Waals surface area contributed by atoms with E-state index in [4.69, 9.17) is 24.7 Å². The van der Waals surface area contributed by atoms with Crippen LogP contribution in [0.15, 0.2) is 18.2 Å². The van der Waals surface area contributed by atoms with Crippen molar-refractivity contribution in [3.63, 3.8) is 0 Å². The van der Waals surface area contributed by atoms with Crippen molar-refractivity contribution in [1.29, 1.82) is 0 Å². The second-order valence-corrected chi connectivity index (χ2v) is 14.6. The minimum atomic E-state index is -0.448. The van der Waals surface area contributed by atoms with Crippen LogP contribution < -0.4 is 20.5 Å². The summed E-state index contributed by atoms with van der Waals surface area (Å²) in [4.78, 5) is 28.0. The molecule has 2 aliphatic carbocycles. The fourth-order valence-corrected chi connectivity index (χ4v) is 7.00. The van der Waals surface area contributed by atoms with Gasteiger partial charge in [-0.25, -0.2) is 9.59 Å². The fraction of sp³-hybridized carbons (Fsp3) is 0.758. The number of amides is 2. The summed E-state index contributed by atoms with van der Waals surface area (Å²) in [6.45, 7) is 15.3. The first-order chi connectivity index (χ1) is 20.2. The van der Waals surface area contributed by atoms with Crippen molar-refractivity contribution in [2.45, 2.75) is 97.1 Å². The first-order valence-corrected chi connectivity index (χ1v) is 15.8. The van der Waals surface area contributed by atoms with E-state index in [0.29, 0.717) is 35.8 Å². The zero-order valence-electron chi connectivity index (χ0n) is 27.5. The van der Waals surface area contributed by atoms with E-state index in [1.807, 2.05) is 69.5 Å². The number of hydrogen-bond acceptors (Lipinski definition) is 8. The van der Waals surface area contributed by atoms with Gasteiger partial charge in [0, 0.05) is 57.9 Å². The van der Waals surface area contributed by atoms with Crippen LogP contribution in [0.25, 0.3) is 0 Å². The molecule has 1 aromatic rings. The standard InChI is InChI=1S/C21H32N2O4.C12H22N2O2.H2/c1-21(2,3)27-20(24)23-12-15-6-7-16(13-23)19(15)22-11-14-8-9-17(25-4)10-18(14)26-5;1-12(2,3)16-11(15)14-6-8-4-5-9(7-14)10(8)13;/h8-10,15-16,19,22H,6-7,11-13H2,1-5H3;8-10H,4-7,13H2,1-3H3;1H. The molecule has 43 heavy (non-hydrogen) atoms. The largest absolute Gasteiger partial charge is 0.497 e. The third kappa shape index (κ3) is 8.69. The quantitative estimate of drug-likeness (QED) is 0.467. The topological polar surface area (TPSA) is 116 Å². The summed E-state index contributed by atoms with van der Waals surface area (Å²) in [5, 5.41) is 3.72. The molecule has 10 heteroatoms. The predicted octanol–water partition coefficient (Wildman–Crippen LogP) is 5.28. The SMILES string of the molecule is CC(C)(C)OC(=O)N1CC2CCC(C1)C2N.COc1ccc(CNC2C3CCC2CN(C(=O)OC(C)(C)C)C3)c(OC)c1.[HH]. The molecule has 2 saturated carbocycles. The van der Waals surface area contributed by atoms with Crippen molar-refractivity contribution in [3.05, 3.63) is 23.8 Å². The Balaban J connectivity index is 0.000000266. The molecule has 4 fully saturated rings. The number of methoxy groups -OCH3 is 2. The molecule has 2 saturated heterocycles. The van der Waals surface area contributed by atoms with E-state index in [0.717, 1.165) is 75.5 Å². The van der Waals surface area contributed by atoms with Crippen LogP contribution in [0.4, 0.5) is 9.59 Å². The van der Waals surface area contributed by atoms with E-state index < -0.39 is 11.2 Å². The second kappa shape index (κ2) is 13.5. The third-order valence-electron chi connectivity index (χ3n) is 9.07. The van der Waals surface area contributed by atoms with Crippen LogP contribution in [0.3, 0.4) is 0 Å². The highest BCUT2D eigenvalue weighted by molar-refractivity contribution is 5.69. The van der Waals surface area contributed by atoms with Crippen LogP contribution in [-0.4, -0.2) is 85.7 Å². The van der Waals surface area contributed by atoms with Crippen molar-refractivity contribution in [3.8, 4) is 11.5 Å². The van der Waals surface area contributed by atoms with Gasteiger partial charge in [0.2, 0.25) is 0 Å². The highest BCUT2D eigenvalue weighted by Gasteiger charge is 2.44. The molecule has 2 aliphatic heterocycles. The maximum atomic E-state index is 12.4. The molecule has 2 heterocycles. The molecule has 10 nitrogen and oxygen atoms in total. The van der Waals surface area contributed by atoms with Gasteiger partial charge in [0.15, 0.2) is 0 Å². The number of ether oxygens (including phenoxy) is 4. The third-order valence-corrected chi connectivity index (χ3v) is 9.07. The van der Waals surface area contributed by atoms with E-state index in [-0.39, 0.29) is 13.6 Å². The molecule has 1 aromatic carbocycles. The average molecular weight is 605 g/mol. The van der Waals surface area contributed by atoms with Crippen LogP contribution >= 0.6 is 0 Å². The maximum Gasteiger partial charge on any atom is 0.410 e. The Kier molecular flexibility index (Phi) is 10.4. The highest BCUT2D eigenvalue weighted by atomic mass is 16.6. The Morgan fingerprint density at radius 3 is 1.72 bits per heavy atom. The first-order valence-electron chi connectivity index (χ1n) is 15.8. The van der Waals surface area contributed by atoms with Gasteiger partial charge in [-0.15, -0.1) is 0 Å². The van der Waals surface area contributed by atoms with Crippen LogP contribution in [0.5, 0.6) is 11.5 Å². The smallest absolute Gasteiger partial charge is 0.410 e. The van der Waals surface area contributed by atoms with Crippen molar-refractivity contribution in [1.82, 2.24) is 15.1 Å². The maximum absolute atomic E-state index is 12.4. The molecule has 0 radical (unpaired) electrons. The molecule has 3 N–H and O–H groups in total. The van der Waals surface area contributed by atoms with Gasteiger partial charge in [0.05, 0.1) is 14.2 Å². The number of hydrogen-bond donors (Lipinski definition) is 2. The molecule has 4 unspecified atom stereocenters. The summed E-state index contributed by atoms with van der Waals surface area (Å²) < 4.78 is 21.7.